The van der Waals surface area contributed by atoms with Gasteiger partial charge in [-0.15, -0.1) is 23.2 Å². The van der Waals surface area contributed by atoms with Crippen LogP contribution in [0.25, 0.3) is 0 Å². The fourth-order valence-electron chi connectivity index (χ4n) is 1.66. The number of allylic oxidation sites excluding steroid dienone is 2. The second-order valence-corrected chi connectivity index (χ2v) is 7.97. The number of nitrogens with one attached hydrogen (secondary N) is 1. The molecule has 0 spiro atoms. The molecule has 0 bridgehead atoms. The molecule has 4 nitrogen and oxygen atoms in total. The third-order valence-electron chi connectivity index (χ3n) is 2.68. The molecular weight excluding hydrogens is 354 g/mol. The molecule has 1 aliphatic rings. The third-order valence-corrected chi connectivity index (χ3v) is 5.75. The van der Waals surface area contributed by atoms with Crippen LogP contribution in [0.15, 0.2) is 12.2 Å². The van der Waals surface area contributed by atoms with Crippen molar-refractivity contribution in [3.05, 3.63) is 12.2 Å². The quantitative estimate of drug-likeness (QED) is 0.447. The van der Waals surface area contributed by atoms with E-state index in [1.807, 2.05) is 12.2 Å². The van der Waals surface area contributed by atoms with E-state index in [0.717, 1.165) is 0 Å². The Labute approximate surface area is 135 Å². The Morgan fingerprint density at radius 3 is 2.26 bits per heavy atom. The minimum Gasteiger partial charge on any atom is -0.369 e. The van der Waals surface area contributed by atoms with E-state index in [0.29, 0.717) is 24.8 Å². The molecule has 0 aromatic rings. The highest BCUT2D eigenvalue weighted by molar-refractivity contribution is 8.02. The molecule has 2 atom stereocenters. The molecule has 0 radical (unpaired) electrons. The van der Waals surface area contributed by atoms with Gasteiger partial charge in [-0.3, -0.25) is 14.3 Å². The Kier molecular flexibility index (Phi) is 6.60. The van der Waals surface area contributed by atoms with Crippen molar-refractivity contribution in [2.24, 2.45) is 17.6 Å². The fourth-order valence-corrected chi connectivity index (χ4v) is 2.63. The first-order valence-electron chi connectivity index (χ1n) is 5.34. The van der Waals surface area contributed by atoms with Gasteiger partial charge in [0.2, 0.25) is 15.5 Å². The van der Waals surface area contributed by atoms with Crippen molar-refractivity contribution in [2.75, 3.05) is 0 Å². The first-order valence-corrected chi connectivity index (χ1v) is 7.78. The average Bonchev–Trinajstić information content (AvgIpc) is 2.35. The van der Waals surface area contributed by atoms with Gasteiger partial charge in [-0.05, 0) is 24.8 Å². The summed E-state index contributed by atoms with van der Waals surface area (Å²) in [5, 5.41) is 0. The number of hydrogen-bond acceptors (Lipinski definition) is 3. The molecule has 0 aromatic carbocycles. The number of alkyl halides is 4. The normalized spacial score (nSPS) is 23.4. The van der Waals surface area contributed by atoms with E-state index in [1.165, 1.54) is 0 Å². The van der Waals surface area contributed by atoms with E-state index >= 15 is 0 Å². The van der Waals surface area contributed by atoms with E-state index < -0.39 is 26.2 Å². The van der Waals surface area contributed by atoms with E-state index in [9.17, 15) is 9.59 Å². The third kappa shape index (κ3) is 4.90. The van der Waals surface area contributed by atoms with Gasteiger partial charge in [-0.1, -0.05) is 35.4 Å². The maximum Gasteiger partial charge on any atom is 0.234 e. The van der Waals surface area contributed by atoms with E-state index in [1.54, 1.807) is 0 Å². The van der Waals surface area contributed by atoms with Gasteiger partial charge in [0, 0.05) is 0 Å². The SMILES string of the molecule is NC(=O)[C@@H]1CC=CC[C@@H]1C(=O)NSC(Cl)(Cl)C(Cl)Cl. The number of rotatable bonds is 5. The van der Waals surface area contributed by atoms with Gasteiger partial charge >= 0.3 is 0 Å². The second-order valence-electron chi connectivity index (χ2n) is 3.99. The van der Waals surface area contributed by atoms with Crippen LogP contribution in [-0.2, 0) is 9.59 Å². The second kappa shape index (κ2) is 7.27. The van der Waals surface area contributed by atoms with Gasteiger partial charge in [-0.25, -0.2) is 0 Å². The van der Waals surface area contributed by atoms with Crippen LogP contribution in [0.2, 0.25) is 0 Å². The number of primary amides is 1. The lowest BCUT2D eigenvalue weighted by atomic mass is 9.82. The average molecular weight is 366 g/mol. The molecule has 0 heterocycles. The minimum atomic E-state index is -1.56. The number of hydrogen-bond donors (Lipinski definition) is 2. The van der Waals surface area contributed by atoms with Crippen molar-refractivity contribution in [3.63, 3.8) is 0 Å². The monoisotopic (exact) mass is 364 g/mol. The number of carbonyl (C=O) groups excluding carboxylic acids is 2. The largest absolute Gasteiger partial charge is 0.369 e. The Balaban J connectivity index is 2.62. The van der Waals surface area contributed by atoms with Crippen LogP contribution in [0.3, 0.4) is 0 Å². The van der Waals surface area contributed by atoms with Crippen molar-refractivity contribution < 1.29 is 9.59 Å². The molecule has 3 N–H and O–H groups in total. The molecular formula is C10H12Cl4N2O2S. The molecule has 1 rings (SSSR count). The van der Waals surface area contributed by atoms with Crippen LogP contribution in [0.4, 0.5) is 0 Å². The first kappa shape index (κ1) is 17.2. The molecule has 0 unspecified atom stereocenters. The standard InChI is InChI=1S/C10H12Cl4N2O2S/c11-9(12)10(13,14)19-16-8(18)6-4-2-1-3-5(6)7(15)17/h1-2,5-6,9H,3-4H2,(H2,15,17)(H,16,18)/t5-,6+/m1/s1. The summed E-state index contributed by atoms with van der Waals surface area (Å²) in [7, 11) is 0. The molecule has 108 valence electrons. The summed E-state index contributed by atoms with van der Waals surface area (Å²) in [6.07, 6.45) is 4.53. The van der Waals surface area contributed by atoms with Gasteiger partial charge in [0.25, 0.3) is 0 Å². The van der Waals surface area contributed by atoms with E-state index in [4.69, 9.17) is 52.1 Å². The van der Waals surface area contributed by atoms with Gasteiger partial charge in [0.1, 0.15) is 0 Å². The summed E-state index contributed by atoms with van der Waals surface area (Å²) in [6, 6.07) is 0. The predicted molar refractivity (Wildman–Crippen MR) is 80.2 cm³/mol. The highest BCUT2D eigenvalue weighted by Gasteiger charge is 2.37. The van der Waals surface area contributed by atoms with Crippen molar-refractivity contribution >= 4 is 70.2 Å². The Morgan fingerprint density at radius 2 is 1.79 bits per heavy atom. The Hall–Kier alpha value is 0.190. The van der Waals surface area contributed by atoms with Gasteiger partial charge in [0.15, 0.2) is 4.84 Å². The van der Waals surface area contributed by atoms with Gasteiger partial charge in [0.05, 0.1) is 11.8 Å². The maximum absolute atomic E-state index is 12.0. The smallest absolute Gasteiger partial charge is 0.234 e. The topological polar surface area (TPSA) is 72.2 Å². The summed E-state index contributed by atoms with van der Waals surface area (Å²) in [5.41, 5.74) is 5.27. The van der Waals surface area contributed by atoms with Crippen LogP contribution >= 0.6 is 58.4 Å². The molecule has 0 saturated heterocycles. The molecule has 1 aliphatic carbocycles. The van der Waals surface area contributed by atoms with Crippen LogP contribution in [0.1, 0.15) is 12.8 Å². The Bertz CT molecular complexity index is 390. The lowest BCUT2D eigenvalue weighted by Gasteiger charge is -2.26. The number of halogens is 4. The molecule has 19 heavy (non-hydrogen) atoms. The van der Waals surface area contributed by atoms with Crippen molar-refractivity contribution in [1.82, 2.24) is 4.72 Å². The number of amides is 2. The van der Waals surface area contributed by atoms with Crippen molar-refractivity contribution in [1.29, 1.82) is 0 Å². The molecule has 0 saturated carbocycles. The fraction of sp³-hybridized carbons (Fsp3) is 0.600. The minimum absolute atomic E-state index is 0.377. The van der Waals surface area contributed by atoms with Gasteiger partial charge < -0.3 is 5.73 Å². The maximum atomic E-state index is 12.0. The lowest BCUT2D eigenvalue weighted by molar-refractivity contribution is -0.132. The highest BCUT2D eigenvalue weighted by atomic mass is 35.5. The molecule has 0 aromatic heterocycles. The predicted octanol–water partition coefficient (Wildman–Crippen LogP) is 2.75. The van der Waals surface area contributed by atoms with Crippen molar-refractivity contribution in [3.8, 4) is 0 Å². The number of nitrogens with two attached hydrogens (primary N) is 1. The summed E-state index contributed by atoms with van der Waals surface area (Å²) in [4.78, 5) is 22.2. The Morgan fingerprint density at radius 1 is 1.26 bits per heavy atom. The van der Waals surface area contributed by atoms with E-state index in [-0.39, 0.29) is 5.91 Å². The lowest BCUT2D eigenvalue weighted by Crippen LogP contribution is -2.40. The van der Waals surface area contributed by atoms with Crippen LogP contribution < -0.4 is 10.5 Å². The van der Waals surface area contributed by atoms with Crippen LogP contribution in [-0.4, -0.2) is 20.3 Å². The molecule has 0 fully saturated rings. The molecule has 0 aliphatic heterocycles. The van der Waals surface area contributed by atoms with E-state index in [2.05, 4.69) is 4.72 Å². The van der Waals surface area contributed by atoms with Crippen molar-refractivity contribution in [2.45, 2.75) is 21.3 Å². The molecule has 2 amide bonds. The summed E-state index contributed by atoms with van der Waals surface area (Å²) < 4.78 is 0.898. The summed E-state index contributed by atoms with van der Waals surface area (Å²) >= 11 is 23.4. The van der Waals surface area contributed by atoms with Gasteiger partial charge in [-0.2, -0.15) is 0 Å². The zero-order valence-electron chi connectivity index (χ0n) is 9.61. The zero-order chi connectivity index (χ0) is 14.6. The first-order chi connectivity index (χ1) is 8.75. The highest BCUT2D eigenvalue weighted by Crippen LogP contribution is 2.41. The zero-order valence-corrected chi connectivity index (χ0v) is 13.5. The van der Waals surface area contributed by atoms with Crippen LogP contribution in [0, 0.1) is 11.8 Å². The number of carbonyl (C=O) groups is 2. The summed E-state index contributed by atoms with van der Waals surface area (Å²) in [6.45, 7) is 0. The van der Waals surface area contributed by atoms with Crippen LogP contribution in [0.5, 0.6) is 0 Å². The molecule has 9 heteroatoms. The summed E-state index contributed by atoms with van der Waals surface area (Å²) in [5.74, 6) is -1.96.